The molecule has 3 aromatic rings. The van der Waals surface area contributed by atoms with Gasteiger partial charge in [0.05, 0.1) is 22.5 Å². The van der Waals surface area contributed by atoms with Crippen molar-refractivity contribution in [2.24, 2.45) is 5.10 Å². The molecule has 2 aromatic carbocycles. The van der Waals surface area contributed by atoms with Crippen LogP contribution >= 0.6 is 46.6 Å². The fourth-order valence-electron chi connectivity index (χ4n) is 2.15. The zero-order valence-electron chi connectivity index (χ0n) is 12.4. The van der Waals surface area contributed by atoms with Crippen molar-refractivity contribution in [3.05, 3.63) is 57.3 Å². The van der Waals surface area contributed by atoms with Crippen molar-refractivity contribution in [3.63, 3.8) is 0 Å². The number of aromatic nitrogens is 2. The van der Waals surface area contributed by atoms with Crippen molar-refractivity contribution >= 4 is 69.2 Å². The van der Waals surface area contributed by atoms with E-state index in [1.165, 1.54) is 18.0 Å². The predicted molar refractivity (Wildman–Crippen MR) is 104 cm³/mol. The molecule has 0 fully saturated rings. The van der Waals surface area contributed by atoms with Gasteiger partial charge in [-0.1, -0.05) is 70.8 Å². The smallest absolute Gasteiger partial charge is 0.190 e. The maximum Gasteiger partial charge on any atom is 0.190 e. The number of rotatable bonds is 4. The summed E-state index contributed by atoms with van der Waals surface area (Å²) < 4.78 is 0. The van der Waals surface area contributed by atoms with Gasteiger partial charge in [0, 0.05) is 5.39 Å². The van der Waals surface area contributed by atoms with Crippen LogP contribution in [0.2, 0.25) is 15.3 Å². The Morgan fingerprint density at radius 3 is 2.38 bits per heavy atom. The van der Waals surface area contributed by atoms with E-state index in [1.807, 2.05) is 42.7 Å². The minimum absolute atomic E-state index is 0.251. The first kappa shape index (κ1) is 17.3. The van der Waals surface area contributed by atoms with Crippen LogP contribution < -0.4 is 5.43 Å². The molecule has 8 heteroatoms. The van der Waals surface area contributed by atoms with Crippen LogP contribution in [-0.4, -0.2) is 22.4 Å². The highest BCUT2D eigenvalue weighted by molar-refractivity contribution is 7.98. The third kappa shape index (κ3) is 3.59. The number of hydrogen-bond donors (Lipinski definition) is 1. The monoisotopic (exact) mass is 396 g/mol. The highest BCUT2D eigenvalue weighted by Gasteiger charge is 2.09. The molecule has 0 aliphatic rings. The van der Waals surface area contributed by atoms with Gasteiger partial charge in [-0.15, -0.1) is 0 Å². The largest absolute Gasteiger partial charge is 0.278 e. The molecule has 1 aromatic heterocycles. The lowest BCUT2D eigenvalue weighted by Crippen LogP contribution is -1.98. The Balaban J connectivity index is 1.91. The summed E-state index contributed by atoms with van der Waals surface area (Å²) >= 11 is 19.9. The van der Waals surface area contributed by atoms with Crippen LogP contribution in [0.15, 0.2) is 46.7 Å². The van der Waals surface area contributed by atoms with Gasteiger partial charge in [-0.3, -0.25) is 5.43 Å². The molecule has 1 heterocycles. The maximum absolute atomic E-state index is 6.29. The lowest BCUT2D eigenvalue weighted by atomic mass is 10.1. The van der Waals surface area contributed by atoms with Gasteiger partial charge < -0.3 is 0 Å². The molecule has 0 aliphatic carbocycles. The van der Waals surface area contributed by atoms with E-state index in [2.05, 4.69) is 20.5 Å². The van der Waals surface area contributed by atoms with Gasteiger partial charge in [0.25, 0.3) is 0 Å². The Morgan fingerprint density at radius 1 is 1.04 bits per heavy atom. The van der Waals surface area contributed by atoms with E-state index in [0.29, 0.717) is 15.7 Å². The van der Waals surface area contributed by atoms with E-state index in [0.717, 1.165) is 16.5 Å². The lowest BCUT2D eigenvalue weighted by molar-refractivity contribution is 0.968. The minimum Gasteiger partial charge on any atom is -0.278 e. The number of nitrogens with zero attached hydrogens (tertiary/aromatic N) is 3. The van der Waals surface area contributed by atoms with Gasteiger partial charge in [0.1, 0.15) is 10.3 Å². The molecule has 0 saturated carbocycles. The van der Waals surface area contributed by atoms with Gasteiger partial charge >= 0.3 is 0 Å². The van der Waals surface area contributed by atoms with Crippen LogP contribution in [-0.2, 0) is 0 Å². The Hall–Kier alpha value is -1.53. The van der Waals surface area contributed by atoms with Crippen LogP contribution in [0.25, 0.3) is 10.8 Å². The molecule has 0 spiro atoms. The molecule has 0 unspecified atom stereocenters. The molecule has 3 rings (SSSR count). The number of hydrazone groups is 1. The Morgan fingerprint density at radius 2 is 1.71 bits per heavy atom. The normalized spacial score (nSPS) is 11.3. The number of fused-ring (bicyclic) bond motifs is 1. The van der Waals surface area contributed by atoms with Crippen molar-refractivity contribution in [2.75, 3.05) is 11.7 Å². The molecule has 1 N–H and O–H groups in total. The zero-order chi connectivity index (χ0) is 17.1. The van der Waals surface area contributed by atoms with Crippen LogP contribution in [0, 0.1) is 0 Å². The first-order chi connectivity index (χ1) is 11.6. The summed E-state index contributed by atoms with van der Waals surface area (Å²) in [5, 5.41) is 7.76. The molecule has 0 aliphatic heterocycles. The summed E-state index contributed by atoms with van der Waals surface area (Å²) in [7, 11) is 0. The van der Waals surface area contributed by atoms with Crippen LogP contribution in [0.1, 0.15) is 5.56 Å². The summed E-state index contributed by atoms with van der Waals surface area (Å²) in [5.74, 6) is 0. The van der Waals surface area contributed by atoms with E-state index < -0.39 is 0 Å². The predicted octanol–water partition coefficient (Wildman–Crippen LogP) is 5.76. The molecule has 24 heavy (non-hydrogen) atoms. The van der Waals surface area contributed by atoms with E-state index in [1.54, 1.807) is 0 Å². The molecule has 122 valence electrons. The Labute approximate surface area is 158 Å². The number of hydrogen-bond acceptors (Lipinski definition) is 5. The van der Waals surface area contributed by atoms with Crippen LogP contribution in [0.4, 0.5) is 5.69 Å². The van der Waals surface area contributed by atoms with Crippen LogP contribution in [0.5, 0.6) is 0 Å². The van der Waals surface area contributed by atoms with Crippen molar-refractivity contribution in [1.29, 1.82) is 0 Å². The van der Waals surface area contributed by atoms with Gasteiger partial charge in [-0.2, -0.15) is 5.10 Å². The highest BCUT2D eigenvalue weighted by atomic mass is 35.5. The molecule has 0 bridgehead atoms. The van der Waals surface area contributed by atoms with E-state index in [9.17, 15) is 0 Å². The lowest BCUT2D eigenvalue weighted by Gasteiger charge is -2.07. The Bertz CT molecular complexity index is 902. The molecule has 0 saturated heterocycles. The molecule has 0 radical (unpaired) electrons. The van der Waals surface area contributed by atoms with Gasteiger partial charge in [0.2, 0.25) is 0 Å². The van der Waals surface area contributed by atoms with E-state index in [4.69, 9.17) is 34.8 Å². The number of anilines is 1. The first-order valence-corrected chi connectivity index (χ1v) is 9.19. The second-order valence-electron chi connectivity index (χ2n) is 4.72. The maximum atomic E-state index is 6.29. The van der Waals surface area contributed by atoms with Gasteiger partial charge in [-0.05, 0) is 23.8 Å². The molecular formula is C16H11Cl3N4S. The van der Waals surface area contributed by atoms with Gasteiger partial charge in [0.15, 0.2) is 5.16 Å². The number of benzene rings is 2. The quantitative estimate of drug-likeness (QED) is 0.200. The van der Waals surface area contributed by atoms with Crippen molar-refractivity contribution in [1.82, 2.24) is 9.97 Å². The summed E-state index contributed by atoms with van der Waals surface area (Å²) in [5.41, 5.74) is 4.20. The van der Waals surface area contributed by atoms with Gasteiger partial charge in [-0.25, -0.2) is 9.97 Å². The number of thioether (sulfide) groups is 1. The fourth-order valence-corrected chi connectivity index (χ4v) is 3.39. The standard InChI is InChI=1S/C16H11Cl3N4S/c1-24-16-21-14(18)10(15(19)22-16)8-20-23-12-7-3-5-9-4-2-6-11(17)13(9)12/h2-8,23H,1H3/b20-8+. The number of halogens is 3. The molecule has 4 nitrogen and oxygen atoms in total. The molecule has 0 amide bonds. The SMILES string of the molecule is CSc1nc(Cl)c(/C=N/Nc2cccc3cccc(Cl)c23)c(Cl)n1. The summed E-state index contributed by atoms with van der Waals surface area (Å²) in [6.45, 7) is 0. The molecular weight excluding hydrogens is 387 g/mol. The third-order valence-corrected chi connectivity index (χ3v) is 4.69. The van der Waals surface area contributed by atoms with Crippen LogP contribution in [0.3, 0.4) is 0 Å². The number of nitrogens with one attached hydrogen (secondary N) is 1. The second kappa shape index (κ2) is 7.57. The zero-order valence-corrected chi connectivity index (χ0v) is 15.5. The average Bonchev–Trinajstić information content (AvgIpc) is 2.57. The van der Waals surface area contributed by atoms with Crippen molar-refractivity contribution in [3.8, 4) is 0 Å². The summed E-state index contributed by atoms with van der Waals surface area (Å²) in [6.07, 6.45) is 3.34. The van der Waals surface area contributed by atoms with E-state index >= 15 is 0 Å². The topological polar surface area (TPSA) is 50.2 Å². The fraction of sp³-hybridized carbons (Fsp3) is 0.0625. The highest BCUT2D eigenvalue weighted by Crippen LogP contribution is 2.30. The average molecular weight is 398 g/mol. The minimum atomic E-state index is 0.251. The first-order valence-electron chi connectivity index (χ1n) is 6.83. The second-order valence-corrected chi connectivity index (χ2v) is 6.62. The van der Waals surface area contributed by atoms with E-state index in [-0.39, 0.29) is 10.3 Å². The van der Waals surface area contributed by atoms with Crippen molar-refractivity contribution in [2.45, 2.75) is 5.16 Å². The third-order valence-electron chi connectivity index (χ3n) is 3.25. The molecule has 0 atom stereocenters. The summed E-state index contributed by atoms with van der Waals surface area (Å²) in [6, 6.07) is 11.5. The summed E-state index contributed by atoms with van der Waals surface area (Å²) in [4.78, 5) is 8.27. The van der Waals surface area contributed by atoms with Crippen molar-refractivity contribution < 1.29 is 0 Å². The Kier molecular flexibility index (Phi) is 5.46.